The lowest BCUT2D eigenvalue weighted by Crippen LogP contribution is -2.51. The lowest BCUT2D eigenvalue weighted by atomic mass is 9.81. The molecule has 0 atom stereocenters. The number of benzene rings is 4. The zero-order chi connectivity index (χ0) is 33.6. The Balaban J connectivity index is 1.32. The van der Waals surface area contributed by atoms with Crippen molar-refractivity contribution in [3.8, 4) is 22.4 Å². The first kappa shape index (κ1) is 31.6. The highest BCUT2D eigenvalue weighted by molar-refractivity contribution is 6.07. The van der Waals surface area contributed by atoms with Crippen LogP contribution in [0.2, 0.25) is 0 Å². The second-order valence-electron chi connectivity index (χ2n) is 13.9. The fraction of sp³-hybridized carbons (Fsp3) is 0.366. The number of carboxylic acid groups (broad SMARTS) is 1. The number of piperazine rings is 1. The summed E-state index contributed by atoms with van der Waals surface area (Å²) in [5.74, 6) is -0.691. The number of carbonyl (C=O) groups is 2. The maximum atomic E-state index is 14.9. The molecule has 2 fully saturated rings. The van der Waals surface area contributed by atoms with Gasteiger partial charge in [-0.1, -0.05) is 74.7 Å². The standard InChI is InChI=1S/C41H43FN4O3/c1-2-43-18-20-44(21-19-43)37(47)26-45-22-23-46-36-25-30(41(48)49)14-16-33(36)38(27-8-4-3-5-9-27)40(46)34-17-13-29-24-28(12-15-32(29)39(34)45)31-10-6-7-11-35(31)42/h6-7,10-17,24-25,27H,2-5,8-9,18-23,26H2,1H3,(H,48,49). The Morgan fingerprint density at radius 3 is 2.35 bits per heavy atom. The number of carbonyl (C=O) groups excluding carboxylic acids is 1. The smallest absolute Gasteiger partial charge is 0.335 e. The Morgan fingerprint density at radius 1 is 0.816 bits per heavy atom. The van der Waals surface area contributed by atoms with Gasteiger partial charge in [-0.3, -0.25) is 4.79 Å². The molecule has 2 aliphatic heterocycles. The summed E-state index contributed by atoms with van der Waals surface area (Å²) in [5.41, 5.74) is 7.15. The van der Waals surface area contributed by atoms with Gasteiger partial charge in [-0.15, -0.1) is 0 Å². The van der Waals surface area contributed by atoms with Crippen LogP contribution >= 0.6 is 0 Å². The monoisotopic (exact) mass is 658 g/mol. The number of aromatic nitrogens is 1. The second kappa shape index (κ2) is 13.0. The molecule has 3 heterocycles. The van der Waals surface area contributed by atoms with Gasteiger partial charge in [0.15, 0.2) is 0 Å². The molecule has 1 aromatic heterocycles. The van der Waals surface area contributed by atoms with Gasteiger partial charge in [-0.05, 0) is 66.1 Å². The SMILES string of the molecule is CCN1CCN(C(=O)CN2CCn3c(c(C4CCCCC4)c4ccc(C(=O)O)cc43)-c3ccc4cc(-c5ccccc5F)ccc4c32)CC1. The number of fused-ring (bicyclic) bond motifs is 7. The van der Waals surface area contributed by atoms with Crippen LogP contribution in [0.5, 0.6) is 0 Å². The average molecular weight is 659 g/mol. The number of hydrogen-bond acceptors (Lipinski definition) is 4. The van der Waals surface area contributed by atoms with Crippen molar-refractivity contribution in [3.05, 3.63) is 89.7 Å². The van der Waals surface area contributed by atoms with Gasteiger partial charge in [0.05, 0.1) is 23.5 Å². The Hall–Kier alpha value is -4.69. The molecule has 0 unspecified atom stereocenters. The molecule has 49 heavy (non-hydrogen) atoms. The third-order valence-corrected chi connectivity index (χ3v) is 11.2. The number of anilines is 1. The predicted molar refractivity (Wildman–Crippen MR) is 194 cm³/mol. The Morgan fingerprint density at radius 2 is 1.59 bits per heavy atom. The van der Waals surface area contributed by atoms with Crippen LogP contribution in [0.4, 0.5) is 10.1 Å². The predicted octanol–water partition coefficient (Wildman–Crippen LogP) is 8.00. The summed E-state index contributed by atoms with van der Waals surface area (Å²) in [6.45, 7) is 7.85. The number of rotatable bonds is 6. The molecule has 1 N–H and O–H groups in total. The van der Waals surface area contributed by atoms with E-state index in [0.29, 0.717) is 24.6 Å². The molecule has 1 saturated heterocycles. The van der Waals surface area contributed by atoms with Gasteiger partial charge in [-0.25, -0.2) is 9.18 Å². The maximum absolute atomic E-state index is 14.9. The van der Waals surface area contributed by atoms with Crippen LogP contribution in [-0.2, 0) is 11.3 Å². The summed E-state index contributed by atoms with van der Waals surface area (Å²) in [7, 11) is 0. The molecule has 5 aromatic rings. The van der Waals surface area contributed by atoms with Crippen LogP contribution in [-0.4, -0.2) is 77.2 Å². The molecule has 7 nitrogen and oxygen atoms in total. The second-order valence-corrected chi connectivity index (χ2v) is 13.9. The van der Waals surface area contributed by atoms with Crippen LogP contribution in [0.15, 0.2) is 72.8 Å². The number of halogens is 1. The highest BCUT2D eigenvalue weighted by Crippen LogP contribution is 2.49. The minimum absolute atomic E-state index is 0.124. The summed E-state index contributed by atoms with van der Waals surface area (Å²) in [6.07, 6.45) is 5.81. The minimum atomic E-state index is -0.933. The minimum Gasteiger partial charge on any atom is -0.478 e. The van der Waals surface area contributed by atoms with E-state index in [4.69, 9.17) is 0 Å². The Bertz CT molecular complexity index is 2070. The number of hydrogen-bond donors (Lipinski definition) is 1. The summed E-state index contributed by atoms with van der Waals surface area (Å²) < 4.78 is 17.2. The zero-order valence-electron chi connectivity index (χ0n) is 28.1. The number of amides is 1. The summed E-state index contributed by atoms with van der Waals surface area (Å²) >= 11 is 0. The largest absolute Gasteiger partial charge is 0.478 e. The molecule has 1 aliphatic carbocycles. The lowest BCUT2D eigenvalue weighted by molar-refractivity contribution is -0.131. The van der Waals surface area contributed by atoms with Crippen molar-refractivity contribution in [2.45, 2.75) is 51.5 Å². The van der Waals surface area contributed by atoms with E-state index in [2.05, 4.69) is 45.6 Å². The molecule has 8 heteroatoms. The quantitative estimate of drug-likeness (QED) is 0.200. The highest BCUT2D eigenvalue weighted by Gasteiger charge is 2.33. The van der Waals surface area contributed by atoms with E-state index in [9.17, 15) is 19.1 Å². The first-order chi connectivity index (χ1) is 23.9. The molecular formula is C41H43FN4O3. The lowest BCUT2D eigenvalue weighted by Gasteiger charge is -2.36. The average Bonchev–Trinajstić information content (AvgIpc) is 3.37. The first-order valence-corrected chi connectivity index (χ1v) is 17.9. The van der Waals surface area contributed by atoms with Gasteiger partial charge in [0.25, 0.3) is 0 Å². The molecule has 252 valence electrons. The normalized spacial score (nSPS) is 17.3. The molecule has 4 aromatic carbocycles. The van der Waals surface area contributed by atoms with E-state index in [1.165, 1.54) is 30.9 Å². The van der Waals surface area contributed by atoms with E-state index < -0.39 is 5.97 Å². The van der Waals surface area contributed by atoms with Gasteiger partial charge in [0.2, 0.25) is 5.91 Å². The third kappa shape index (κ3) is 5.66. The van der Waals surface area contributed by atoms with E-state index in [1.54, 1.807) is 12.1 Å². The molecule has 1 amide bonds. The zero-order valence-corrected chi connectivity index (χ0v) is 28.1. The van der Waals surface area contributed by atoms with Crippen LogP contribution in [0.25, 0.3) is 44.1 Å². The van der Waals surface area contributed by atoms with Gasteiger partial charge < -0.3 is 24.4 Å². The number of likely N-dealkylation sites (N-methyl/N-ethyl adjacent to an activating group) is 1. The van der Waals surface area contributed by atoms with Crippen molar-refractivity contribution >= 4 is 39.2 Å². The van der Waals surface area contributed by atoms with Crippen LogP contribution in [0, 0.1) is 5.82 Å². The van der Waals surface area contributed by atoms with Crippen molar-refractivity contribution in [1.29, 1.82) is 0 Å². The summed E-state index contributed by atoms with van der Waals surface area (Å²) in [5, 5.41) is 13.1. The van der Waals surface area contributed by atoms with Crippen molar-refractivity contribution < 1.29 is 19.1 Å². The number of carboxylic acids is 1. The molecule has 0 radical (unpaired) electrons. The van der Waals surface area contributed by atoms with E-state index in [0.717, 1.165) is 89.7 Å². The Labute approximate surface area is 286 Å². The van der Waals surface area contributed by atoms with Gasteiger partial charge in [0.1, 0.15) is 5.82 Å². The topological polar surface area (TPSA) is 69.0 Å². The van der Waals surface area contributed by atoms with Crippen molar-refractivity contribution in [2.75, 3.05) is 50.7 Å². The molecule has 1 saturated carbocycles. The van der Waals surface area contributed by atoms with Gasteiger partial charge >= 0.3 is 5.97 Å². The van der Waals surface area contributed by atoms with Crippen molar-refractivity contribution in [2.24, 2.45) is 0 Å². The van der Waals surface area contributed by atoms with Crippen LogP contribution in [0.1, 0.15) is 60.9 Å². The van der Waals surface area contributed by atoms with Gasteiger partial charge in [0, 0.05) is 66.7 Å². The van der Waals surface area contributed by atoms with E-state index in [1.807, 2.05) is 35.2 Å². The Kier molecular flexibility index (Phi) is 8.36. The van der Waals surface area contributed by atoms with E-state index >= 15 is 0 Å². The summed E-state index contributed by atoms with van der Waals surface area (Å²) in [6, 6.07) is 22.9. The first-order valence-electron chi connectivity index (χ1n) is 17.9. The third-order valence-electron chi connectivity index (χ3n) is 11.2. The number of aromatic carboxylic acids is 1. The van der Waals surface area contributed by atoms with Crippen LogP contribution < -0.4 is 4.90 Å². The fourth-order valence-electron chi connectivity index (χ4n) is 8.61. The maximum Gasteiger partial charge on any atom is 0.335 e. The highest BCUT2D eigenvalue weighted by atomic mass is 19.1. The van der Waals surface area contributed by atoms with Crippen molar-refractivity contribution in [3.63, 3.8) is 0 Å². The molecular weight excluding hydrogens is 615 g/mol. The fourth-order valence-corrected chi connectivity index (χ4v) is 8.61. The molecule has 3 aliphatic rings. The molecule has 0 bridgehead atoms. The number of nitrogens with zero attached hydrogens (tertiary/aromatic N) is 4. The van der Waals surface area contributed by atoms with Crippen LogP contribution in [0.3, 0.4) is 0 Å². The molecule has 0 spiro atoms. The summed E-state index contributed by atoms with van der Waals surface area (Å²) in [4.78, 5) is 32.8. The van der Waals surface area contributed by atoms with Gasteiger partial charge in [-0.2, -0.15) is 0 Å². The molecule has 8 rings (SSSR count). The van der Waals surface area contributed by atoms with E-state index in [-0.39, 0.29) is 23.8 Å². The van der Waals surface area contributed by atoms with Crippen molar-refractivity contribution in [1.82, 2.24) is 14.4 Å².